The highest BCUT2D eigenvalue weighted by Gasteiger charge is 2.09. The van der Waals surface area contributed by atoms with Crippen molar-refractivity contribution in [1.82, 2.24) is 10.2 Å². The number of nitrogens with one attached hydrogen (secondary N) is 1. The third-order valence-electron chi connectivity index (χ3n) is 3.69. The Morgan fingerprint density at radius 1 is 1.07 bits per heavy atom. The van der Waals surface area contributed by atoms with Gasteiger partial charge in [-0.15, -0.1) is 10.2 Å². The van der Waals surface area contributed by atoms with Gasteiger partial charge in [-0.3, -0.25) is 4.79 Å². The number of aromatic nitrogens is 2. The second-order valence-electron chi connectivity index (χ2n) is 5.64. The highest BCUT2D eigenvalue weighted by molar-refractivity contribution is 7.15. The van der Waals surface area contributed by atoms with Gasteiger partial charge in [0.05, 0.1) is 7.11 Å². The number of hydrogen-bond donors (Lipinski definition) is 1. The third-order valence-corrected chi connectivity index (χ3v) is 4.75. The normalized spacial score (nSPS) is 10.4. The van der Waals surface area contributed by atoms with Gasteiger partial charge in [-0.1, -0.05) is 35.1 Å². The van der Waals surface area contributed by atoms with Crippen LogP contribution in [0.5, 0.6) is 11.5 Å². The van der Waals surface area contributed by atoms with E-state index in [0.29, 0.717) is 33.8 Å². The van der Waals surface area contributed by atoms with Crippen LogP contribution in [0.2, 0.25) is 5.02 Å². The number of halogens is 1. The van der Waals surface area contributed by atoms with Crippen LogP contribution in [0.25, 0.3) is 0 Å². The van der Waals surface area contributed by atoms with Crippen molar-refractivity contribution in [3.63, 3.8) is 0 Å². The molecule has 0 aliphatic carbocycles. The van der Waals surface area contributed by atoms with Gasteiger partial charge in [-0.25, -0.2) is 0 Å². The Morgan fingerprint density at radius 3 is 2.48 bits per heavy atom. The van der Waals surface area contributed by atoms with E-state index < -0.39 is 0 Å². The molecule has 0 fully saturated rings. The summed E-state index contributed by atoms with van der Waals surface area (Å²) in [5.74, 6) is 1.39. The number of anilines is 1. The quantitative estimate of drug-likeness (QED) is 0.605. The molecule has 1 heterocycles. The molecule has 2 aromatic carbocycles. The zero-order chi connectivity index (χ0) is 19.1. The lowest BCUT2D eigenvalue weighted by atomic mass is 10.1. The van der Waals surface area contributed by atoms with E-state index in [1.54, 1.807) is 31.4 Å². The SMILES string of the molecule is COc1ccc(CCC(=O)Nc2nnc(COc3ccc(Cl)cc3)s2)cc1. The van der Waals surface area contributed by atoms with Crippen molar-refractivity contribution in [2.24, 2.45) is 0 Å². The minimum absolute atomic E-state index is 0.105. The maximum atomic E-state index is 12.1. The second-order valence-corrected chi connectivity index (χ2v) is 7.14. The molecule has 27 heavy (non-hydrogen) atoms. The topological polar surface area (TPSA) is 73.3 Å². The number of nitrogens with zero attached hydrogens (tertiary/aromatic N) is 2. The molecule has 1 amide bonds. The summed E-state index contributed by atoms with van der Waals surface area (Å²) in [6.07, 6.45) is 1.00. The number of carbonyl (C=O) groups excluding carboxylic acids is 1. The Balaban J connectivity index is 1.44. The lowest BCUT2D eigenvalue weighted by molar-refractivity contribution is -0.116. The molecule has 0 aliphatic heterocycles. The fourth-order valence-electron chi connectivity index (χ4n) is 2.27. The van der Waals surface area contributed by atoms with E-state index in [2.05, 4.69) is 15.5 Å². The van der Waals surface area contributed by atoms with Gasteiger partial charge < -0.3 is 14.8 Å². The Morgan fingerprint density at radius 2 is 1.78 bits per heavy atom. The molecule has 3 rings (SSSR count). The van der Waals surface area contributed by atoms with Crippen molar-refractivity contribution < 1.29 is 14.3 Å². The van der Waals surface area contributed by atoms with Crippen molar-refractivity contribution in [2.45, 2.75) is 19.4 Å². The summed E-state index contributed by atoms with van der Waals surface area (Å²) in [6, 6.07) is 14.7. The molecule has 0 aliphatic rings. The van der Waals surface area contributed by atoms with E-state index in [1.807, 2.05) is 24.3 Å². The summed E-state index contributed by atoms with van der Waals surface area (Å²) in [5, 5.41) is 12.6. The molecule has 0 radical (unpaired) electrons. The number of amides is 1. The Hall–Kier alpha value is -2.64. The molecule has 0 spiro atoms. The first-order chi connectivity index (χ1) is 13.1. The minimum Gasteiger partial charge on any atom is -0.497 e. The maximum absolute atomic E-state index is 12.1. The van der Waals surface area contributed by atoms with Crippen molar-refractivity contribution in [1.29, 1.82) is 0 Å². The monoisotopic (exact) mass is 403 g/mol. The van der Waals surface area contributed by atoms with Crippen molar-refractivity contribution in [3.05, 3.63) is 64.1 Å². The van der Waals surface area contributed by atoms with Gasteiger partial charge >= 0.3 is 0 Å². The zero-order valence-electron chi connectivity index (χ0n) is 14.6. The Kier molecular flexibility index (Phi) is 6.62. The van der Waals surface area contributed by atoms with Gasteiger partial charge in [0.2, 0.25) is 11.0 Å². The van der Waals surface area contributed by atoms with E-state index >= 15 is 0 Å². The molecular formula is C19H18ClN3O3S. The van der Waals surface area contributed by atoms with Crippen LogP contribution in [-0.4, -0.2) is 23.2 Å². The van der Waals surface area contributed by atoms with E-state index in [0.717, 1.165) is 11.3 Å². The van der Waals surface area contributed by atoms with E-state index in [1.165, 1.54) is 11.3 Å². The van der Waals surface area contributed by atoms with Gasteiger partial charge in [-0.2, -0.15) is 0 Å². The maximum Gasteiger partial charge on any atom is 0.226 e. The smallest absolute Gasteiger partial charge is 0.226 e. The lowest BCUT2D eigenvalue weighted by Crippen LogP contribution is -2.12. The number of carbonyl (C=O) groups is 1. The molecule has 1 N–H and O–H groups in total. The van der Waals surface area contributed by atoms with Gasteiger partial charge in [0.15, 0.2) is 5.01 Å². The van der Waals surface area contributed by atoms with Crippen LogP contribution < -0.4 is 14.8 Å². The first kappa shape index (κ1) is 19.1. The highest BCUT2D eigenvalue weighted by atomic mass is 35.5. The number of methoxy groups -OCH3 is 1. The predicted octanol–water partition coefficient (Wildman–Crippen LogP) is 4.35. The fourth-order valence-corrected chi connectivity index (χ4v) is 3.07. The predicted molar refractivity (Wildman–Crippen MR) is 106 cm³/mol. The number of benzene rings is 2. The average molecular weight is 404 g/mol. The molecule has 140 valence electrons. The van der Waals surface area contributed by atoms with Crippen LogP contribution in [0.4, 0.5) is 5.13 Å². The molecule has 8 heteroatoms. The molecule has 0 atom stereocenters. The van der Waals surface area contributed by atoms with Crippen LogP contribution in [0.15, 0.2) is 48.5 Å². The summed E-state index contributed by atoms with van der Waals surface area (Å²) in [5.41, 5.74) is 1.07. The highest BCUT2D eigenvalue weighted by Crippen LogP contribution is 2.20. The largest absolute Gasteiger partial charge is 0.497 e. The molecule has 0 unspecified atom stereocenters. The van der Waals surface area contributed by atoms with Crippen LogP contribution in [-0.2, 0) is 17.8 Å². The van der Waals surface area contributed by atoms with Gasteiger partial charge in [-0.05, 0) is 48.4 Å². The Labute approximate surface area is 166 Å². The van der Waals surface area contributed by atoms with Gasteiger partial charge in [0, 0.05) is 11.4 Å². The summed E-state index contributed by atoms with van der Waals surface area (Å²) in [7, 11) is 1.62. The molecule has 0 saturated heterocycles. The van der Waals surface area contributed by atoms with Crippen LogP contribution in [0.3, 0.4) is 0 Å². The number of ether oxygens (including phenoxy) is 2. The first-order valence-electron chi connectivity index (χ1n) is 8.26. The third kappa shape index (κ3) is 5.94. The summed E-state index contributed by atoms with van der Waals surface area (Å²) >= 11 is 7.13. The van der Waals surface area contributed by atoms with E-state index in [-0.39, 0.29) is 12.5 Å². The summed E-state index contributed by atoms with van der Waals surface area (Å²) in [4.78, 5) is 12.1. The Bertz CT molecular complexity index is 882. The molecule has 6 nitrogen and oxygen atoms in total. The average Bonchev–Trinajstić information content (AvgIpc) is 3.13. The van der Waals surface area contributed by atoms with Crippen LogP contribution >= 0.6 is 22.9 Å². The first-order valence-corrected chi connectivity index (χ1v) is 9.45. The molecule has 1 aromatic heterocycles. The zero-order valence-corrected chi connectivity index (χ0v) is 16.2. The summed E-state index contributed by atoms with van der Waals surface area (Å²) in [6.45, 7) is 0.279. The van der Waals surface area contributed by atoms with Gasteiger partial charge in [0.1, 0.15) is 18.1 Å². The number of rotatable bonds is 8. The number of hydrogen-bond acceptors (Lipinski definition) is 6. The van der Waals surface area contributed by atoms with Gasteiger partial charge in [0.25, 0.3) is 0 Å². The molecule has 0 saturated carbocycles. The fraction of sp³-hybridized carbons (Fsp3) is 0.211. The number of aryl methyl sites for hydroxylation is 1. The van der Waals surface area contributed by atoms with E-state index in [4.69, 9.17) is 21.1 Å². The molecular weight excluding hydrogens is 386 g/mol. The lowest BCUT2D eigenvalue weighted by Gasteiger charge is -2.04. The molecule has 0 bridgehead atoms. The summed E-state index contributed by atoms with van der Waals surface area (Å²) < 4.78 is 10.7. The standard InChI is InChI=1S/C19H18ClN3O3S/c1-25-15-7-2-13(3-8-15)4-11-17(24)21-19-23-22-18(27-19)12-26-16-9-5-14(20)6-10-16/h2-3,5-10H,4,11-12H2,1H3,(H,21,23,24). The van der Waals surface area contributed by atoms with Crippen molar-refractivity contribution >= 4 is 34.0 Å². The molecule has 3 aromatic rings. The second kappa shape index (κ2) is 9.34. The minimum atomic E-state index is -0.105. The van der Waals surface area contributed by atoms with Crippen LogP contribution in [0, 0.1) is 0 Å². The van der Waals surface area contributed by atoms with Crippen molar-refractivity contribution in [2.75, 3.05) is 12.4 Å². The van der Waals surface area contributed by atoms with E-state index in [9.17, 15) is 4.79 Å². The van der Waals surface area contributed by atoms with Crippen LogP contribution in [0.1, 0.15) is 17.0 Å². The van der Waals surface area contributed by atoms with Crippen molar-refractivity contribution in [3.8, 4) is 11.5 Å².